The molecule has 2 aliphatic rings. The number of benzene rings is 2. The number of anilines is 1. The zero-order valence-electron chi connectivity index (χ0n) is 22.5. The third-order valence-electron chi connectivity index (χ3n) is 9.00. The molecule has 206 valence electrons. The molecular formula is C30H40N2O6. The normalized spacial score (nSPS) is 30.6. The minimum Gasteiger partial charge on any atom is -0.497 e. The fourth-order valence-electron chi connectivity index (χ4n) is 6.80. The summed E-state index contributed by atoms with van der Waals surface area (Å²) in [4.78, 5) is 25.7. The molecule has 0 heterocycles. The zero-order valence-corrected chi connectivity index (χ0v) is 22.5. The molecule has 4 N–H and O–H groups in total. The summed E-state index contributed by atoms with van der Waals surface area (Å²) in [6.45, 7) is 4.37. The summed E-state index contributed by atoms with van der Waals surface area (Å²) < 4.78 is 11.1. The summed E-state index contributed by atoms with van der Waals surface area (Å²) in [6, 6.07) is 16.7. The lowest BCUT2D eigenvalue weighted by Crippen LogP contribution is -2.61. The van der Waals surface area contributed by atoms with Crippen molar-refractivity contribution in [3.8, 4) is 5.75 Å². The van der Waals surface area contributed by atoms with Gasteiger partial charge < -0.3 is 25.0 Å². The van der Waals surface area contributed by atoms with E-state index in [4.69, 9.17) is 9.47 Å². The van der Waals surface area contributed by atoms with Crippen LogP contribution in [0.1, 0.15) is 51.5 Å². The SMILES string of the molecule is COc1ccc(NC(=O)OC2CCC3(C)C(CC(=O)NCc4ccccc4)C(O)CCC3C2(C)CO)cc1. The number of nitrogens with one attached hydrogen (secondary N) is 2. The maximum Gasteiger partial charge on any atom is 0.411 e. The van der Waals surface area contributed by atoms with Crippen molar-refractivity contribution in [2.24, 2.45) is 22.7 Å². The Morgan fingerprint density at radius 1 is 1.03 bits per heavy atom. The largest absolute Gasteiger partial charge is 0.497 e. The Bertz CT molecular complexity index is 1090. The van der Waals surface area contributed by atoms with Gasteiger partial charge in [-0.05, 0) is 72.8 Å². The molecule has 0 bridgehead atoms. The van der Waals surface area contributed by atoms with E-state index in [1.54, 1.807) is 31.4 Å². The van der Waals surface area contributed by atoms with Gasteiger partial charge >= 0.3 is 6.09 Å². The topological polar surface area (TPSA) is 117 Å². The van der Waals surface area contributed by atoms with Crippen LogP contribution in [-0.2, 0) is 16.1 Å². The molecule has 6 atom stereocenters. The van der Waals surface area contributed by atoms with Gasteiger partial charge in [-0.2, -0.15) is 0 Å². The number of methoxy groups -OCH3 is 1. The summed E-state index contributed by atoms with van der Waals surface area (Å²) >= 11 is 0. The molecule has 6 unspecified atom stereocenters. The third kappa shape index (κ3) is 5.81. The first-order valence-corrected chi connectivity index (χ1v) is 13.4. The molecule has 2 aromatic rings. The van der Waals surface area contributed by atoms with Crippen molar-refractivity contribution in [1.29, 1.82) is 0 Å². The third-order valence-corrected chi connectivity index (χ3v) is 9.00. The van der Waals surface area contributed by atoms with Crippen molar-refractivity contribution in [3.05, 3.63) is 60.2 Å². The van der Waals surface area contributed by atoms with Crippen molar-refractivity contribution in [3.63, 3.8) is 0 Å². The van der Waals surface area contributed by atoms with E-state index in [9.17, 15) is 19.8 Å². The molecule has 0 aliphatic heterocycles. The number of rotatable bonds is 8. The Morgan fingerprint density at radius 3 is 2.39 bits per heavy atom. The Labute approximate surface area is 224 Å². The van der Waals surface area contributed by atoms with Crippen LogP contribution in [0.2, 0.25) is 0 Å². The van der Waals surface area contributed by atoms with Crippen LogP contribution in [0.25, 0.3) is 0 Å². The molecule has 0 radical (unpaired) electrons. The summed E-state index contributed by atoms with van der Waals surface area (Å²) in [7, 11) is 1.58. The van der Waals surface area contributed by atoms with E-state index in [0.29, 0.717) is 43.7 Å². The monoisotopic (exact) mass is 524 g/mol. The average Bonchev–Trinajstić information content (AvgIpc) is 2.92. The first-order valence-electron chi connectivity index (χ1n) is 13.4. The van der Waals surface area contributed by atoms with Gasteiger partial charge in [0.15, 0.2) is 0 Å². The van der Waals surface area contributed by atoms with Gasteiger partial charge in [0, 0.05) is 24.1 Å². The Hall–Kier alpha value is -3.10. The molecule has 38 heavy (non-hydrogen) atoms. The maximum atomic E-state index is 12.9. The van der Waals surface area contributed by atoms with Crippen molar-refractivity contribution in [2.45, 2.75) is 64.7 Å². The first kappa shape index (κ1) is 27.9. The minimum absolute atomic E-state index is 0.0251. The van der Waals surface area contributed by atoms with E-state index in [0.717, 1.165) is 5.56 Å². The lowest BCUT2D eigenvalue weighted by Gasteiger charge is -2.60. The van der Waals surface area contributed by atoms with Gasteiger partial charge in [0.25, 0.3) is 0 Å². The average molecular weight is 525 g/mol. The molecule has 0 saturated heterocycles. The number of fused-ring (bicyclic) bond motifs is 1. The lowest BCUT2D eigenvalue weighted by molar-refractivity contribution is -0.185. The van der Waals surface area contributed by atoms with Gasteiger partial charge in [-0.3, -0.25) is 10.1 Å². The van der Waals surface area contributed by atoms with Crippen molar-refractivity contribution in [2.75, 3.05) is 19.0 Å². The second-order valence-electron chi connectivity index (χ2n) is 11.2. The number of carbonyl (C=O) groups excluding carboxylic acids is 2. The van der Waals surface area contributed by atoms with Gasteiger partial charge in [-0.25, -0.2) is 4.79 Å². The Balaban J connectivity index is 1.44. The van der Waals surface area contributed by atoms with Crippen LogP contribution in [0.4, 0.5) is 10.5 Å². The van der Waals surface area contributed by atoms with Crippen LogP contribution in [0.15, 0.2) is 54.6 Å². The van der Waals surface area contributed by atoms with E-state index in [1.165, 1.54) is 0 Å². The Kier molecular flexibility index (Phi) is 8.63. The number of aliphatic hydroxyl groups is 2. The highest BCUT2D eigenvalue weighted by molar-refractivity contribution is 5.84. The number of amides is 2. The fraction of sp³-hybridized carbons (Fsp3) is 0.533. The standard InChI is InChI=1S/C30H40N2O6/c1-29-16-15-26(38-28(36)32-21-9-11-22(37-3)12-10-21)30(2,19-33)25(29)14-13-24(34)23(29)17-27(35)31-18-20-7-5-4-6-8-20/h4-12,23-26,33-34H,13-19H2,1-3H3,(H,31,35)(H,32,36). The molecule has 2 aromatic carbocycles. The minimum atomic E-state index is -0.705. The molecule has 2 amide bonds. The number of hydrogen-bond acceptors (Lipinski definition) is 6. The van der Waals surface area contributed by atoms with E-state index in [-0.39, 0.29) is 36.2 Å². The van der Waals surface area contributed by atoms with E-state index < -0.39 is 23.7 Å². The second kappa shape index (κ2) is 11.7. The van der Waals surface area contributed by atoms with Gasteiger partial charge in [-0.1, -0.05) is 44.2 Å². The quantitative estimate of drug-likeness (QED) is 0.404. The molecule has 8 nitrogen and oxygen atoms in total. The fourth-order valence-corrected chi connectivity index (χ4v) is 6.80. The van der Waals surface area contributed by atoms with Gasteiger partial charge in [0.2, 0.25) is 5.91 Å². The summed E-state index contributed by atoms with van der Waals surface area (Å²) in [5.41, 5.74) is 0.520. The van der Waals surface area contributed by atoms with Crippen LogP contribution >= 0.6 is 0 Å². The van der Waals surface area contributed by atoms with Crippen molar-refractivity contribution < 1.29 is 29.3 Å². The van der Waals surface area contributed by atoms with Crippen molar-refractivity contribution >= 4 is 17.7 Å². The molecule has 2 fully saturated rings. The number of ether oxygens (including phenoxy) is 2. The van der Waals surface area contributed by atoms with Gasteiger partial charge in [0.1, 0.15) is 11.9 Å². The zero-order chi connectivity index (χ0) is 27.3. The van der Waals surface area contributed by atoms with Crippen LogP contribution in [0, 0.1) is 22.7 Å². The van der Waals surface area contributed by atoms with E-state index >= 15 is 0 Å². The van der Waals surface area contributed by atoms with E-state index in [2.05, 4.69) is 17.6 Å². The lowest BCUT2D eigenvalue weighted by atomic mass is 9.46. The predicted molar refractivity (Wildman–Crippen MR) is 145 cm³/mol. The molecule has 2 saturated carbocycles. The second-order valence-corrected chi connectivity index (χ2v) is 11.2. The Morgan fingerprint density at radius 2 is 1.74 bits per heavy atom. The van der Waals surface area contributed by atoms with Crippen molar-refractivity contribution in [1.82, 2.24) is 5.32 Å². The summed E-state index contributed by atoms with van der Waals surface area (Å²) in [6.07, 6.45) is 0.997. The molecule has 2 aliphatic carbocycles. The van der Waals surface area contributed by atoms with Crippen LogP contribution in [0.3, 0.4) is 0 Å². The number of carbonyl (C=O) groups is 2. The smallest absolute Gasteiger partial charge is 0.411 e. The molecule has 4 rings (SSSR count). The van der Waals surface area contributed by atoms with Crippen LogP contribution in [-0.4, -0.2) is 48.1 Å². The van der Waals surface area contributed by atoms with Crippen LogP contribution < -0.4 is 15.4 Å². The molecule has 0 aromatic heterocycles. The highest BCUT2D eigenvalue weighted by Crippen LogP contribution is 2.61. The first-order chi connectivity index (χ1) is 18.2. The highest BCUT2D eigenvalue weighted by atomic mass is 16.6. The van der Waals surface area contributed by atoms with Gasteiger partial charge in [-0.15, -0.1) is 0 Å². The highest BCUT2D eigenvalue weighted by Gasteiger charge is 2.60. The van der Waals surface area contributed by atoms with E-state index in [1.807, 2.05) is 37.3 Å². The molecule has 8 heteroatoms. The predicted octanol–water partition coefficient (Wildman–Crippen LogP) is 4.50. The molecular weight excluding hydrogens is 484 g/mol. The van der Waals surface area contributed by atoms with Crippen LogP contribution in [0.5, 0.6) is 5.75 Å². The van der Waals surface area contributed by atoms with Gasteiger partial charge in [0.05, 0.1) is 19.8 Å². The molecule has 0 spiro atoms. The number of hydrogen-bond donors (Lipinski definition) is 4. The number of aliphatic hydroxyl groups excluding tert-OH is 2. The summed E-state index contributed by atoms with van der Waals surface area (Å²) in [5.74, 6) is 0.314. The maximum absolute atomic E-state index is 12.9. The summed E-state index contributed by atoms with van der Waals surface area (Å²) in [5, 5.41) is 27.4.